The van der Waals surface area contributed by atoms with Crippen molar-refractivity contribution in [1.29, 1.82) is 0 Å². The second kappa shape index (κ2) is 6.66. The molecule has 0 saturated carbocycles. The summed E-state index contributed by atoms with van der Waals surface area (Å²) in [7, 11) is 0. The van der Waals surface area contributed by atoms with Crippen molar-refractivity contribution < 1.29 is 41.0 Å². The van der Waals surface area contributed by atoms with E-state index in [2.05, 4.69) is 4.74 Å². The van der Waals surface area contributed by atoms with Crippen LogP contribution in [0.15, 0.2) is 42.5 Å². The standard InChI is InChI=1S/C16H10F6O3/c17-15(18,19)12-6-3-5-9(11(12)8-14(23)24)10-4-1-2-7-13(10)25-16(20,21)22/h1-7H,8H2,(H,23,24). The van der Waals surface area contributed by atoms with Crippen LogP contribution in [0.25, 0.3) is 11.1 Å². The predicted octanol–water partition coefficient (Wildman–Crippen LogP) is 4.90. The second-order valence-electron chi connectivity index (χ2n) is 4.94. The first-order chi connectivity index (χ1) is 11.5. The van der Waals surface area contributed by atoms with Gasteiger partial charge in [-0.1, -0.05) is 30.3 Å². The fraction of sp³-hybridized carbons (Fsp3) is 0.188. The fourth-order valence-electron chi connectivity index (χ4n) is 2.35. The number of hydrogen-bond donors (Lipinski definition) is 1. The van der Waals surface area contributed by atoms with Crippen LogP contribution in [0.2, 0.25) is 0 Å². The first-order valence-corrected chi connectivity index (χ1v) is 6.75. The lowest BCUT2D eigenvalue weighted by Crippen LogP contribution is -2.18. The summed E-state index contributed by atoms with van der Waals surface area (Å²) in [5, 5.41) is 8.91. The van der Waals surface area contributed by atoms with Gasteiger partial charge in [-0.2, -0.15) is 13.2 Å². The highest BCUT2D eigenvalue weighted by Gasteiger charge is 2.36. The third-order valence-electron chi connectivity index (χ3n) is 3.21. The number of carboxylic acids is 1. The van der Waals surface area contributed by atoms with Gasteiger partial charge in [-0.3, -0.25) is 4.79 Å². The smallest absolute Gasteiger partial charge is 0.481 e. The largest absolute Gasteiger partial charge is 0.573 e. The summed E-state index contributed by atoms with van der Waals surface area (Å²) in [5.41, 5.74) is -2.45. The van der Waals surface area contributed by atoms with E-state index in [0.29, 0.717) is 6.07 Å². The molecule has 0 bridgehead atoms. The summed E-state index contributed by atoms with van der Waals surface area (Å²) in [4.78, 5) is 11.0. The number of halogens is 6. The zero-order valence-corrected chi connectivity index (χ0v) is 12.3. The monoisotopic (exact) mass is 364 g/mol. The normalized spacial score (nSPS) is 12.1. The number of benzene rings is 2. The summed E-state index contributed by atoms with van der Waals surface area (Å²) < 4.78 is 80.9. The molecule has 0 aliphatic rings. The molecule has 9 heteroatoms. The number of aliphatic carboxylic acids is 1. The van der Waals surface area contributed by atoms with Gasteiger partial charge in [0.05, 0.1) is 12.0 Å². The lowest BCUT2D eigenvalue weighted by Gasteiger charge is -2.18. The van der Waals surface area contributed by atoms with Crippen molar-refractivity contribution >= 4 is 5.97 Å². The molecule has 0 unspecified atom stereocenters. The number of carboxylic acid groups (broad SMARTS) is 1. The summed E-state index contributed by atoms with van der Waals surface area (Å²) in [6, 6.07) is 7.38. The van der Waals surface area contributed by atoms with Crippen LogP contribution in [-0.4, -0.2) is 17.4 Å². The Bertz CT molecular complexity index is 780. The van der Waals surface area contributed by atoms with E-state index >= 15 is 0 Å². The Morgan fingerprint density at radius 3 is 2.08 bits per heavy atom. The average molecular weight is 364 g/mol. The number of alkyl halides is 6. The number of carbonyl (C=O) groups is 1. The molecule has 0 saturated heterocycles. The van der Waals surface area contributed by atoms with Gasteiger partial charge in [-0.15, -0.1) is 13.2 Å². The van der Waals surface area contributed by atoms with Crippen LogP contribution < -0.4 is 4.74 Å². The van der Waals surface area contributed by atoms with Crippen LogP contribution in [0.1, 0.15) is 11.1 Å². The van der Waals surface area contributed by atoms with Crippen molar-refractivity contribution in [2.45, 2.75) is 19.0 Å². The average Bonchev–Trinajstić information content (AvgIpc) is 2.45. The molecule has 0 heterocycles. The molecule has 0 aliphatic heterocycles. The Hall–Kier alpha value is -2.71. The molecule has 134 valence electrons. The molecule has 0 amide bonds. The minimum atomic E-state index is -5.05. The molecule has 2 rings (SSSR count). The molecular weight excluding hydrogens is 354 g/mol. The van der Waals surface area contributed by atoms with E-state index in [9.17, 15) is 31.1 Å². The van der Waals surface area contributed by atoms with Crippen molar-refractivity contribution in [3.8, 4) is 16.9 Å². The van der Waals surface area contributed by atoms with Crippen molar-refractivity contribution in [2.75, 3.05) is 0 Å². The molecule has 0 atom stereocenters. The van der Waals surface area contributed by atoms with E-state index in [1.54, 1.807) is 0 Å². The highest BCUT2D eigenvalue weighted by Crippen LogP contribution is 2.40. The number of hydrogen-bond acceptors (Lipinski definition) is 2. The molecular formula is C16H10F6O3. The van der Waals surface area contributed by atoms with Crippen LogP contribution in [0.3, 0.4) is 0 Å². The van der Waals surface area contributed by atoms with Crippen LogP contribution >= 0.6 is 0 Å². The third kappa shape index (κ3) is 4.65. The maximum absolute atomic E-state index is 13.2. The lowest BCUT2D eigenvalue weighted by molar-refractivity contribution is -0.274. The van der Waals surface area contributed by atoms with Crippen molar-refractivity contribution in [3.05, 3.63) is 53.6 Å². The van der Waals surface area contributed by atoms with Gasteiger partial charge in [0.2, 0.25) is 0 Å². The summed E-state index contributed by atoms with van der Waals surface area (Å²) in [6.07, 6.45) is -10.9. The molecule has 2 aromatic rings. The molecule has 0 radical (unpaired) electrons. The van der Waals surface area contributed by atoms with Crippen LogP contribution in [-0.2, 0) is 17.4 Å². The van der Waals surface area contributed by atoms with E-state index in [-0.39, 0.29) is 11.1 Å². The van der Waals surface area contributed by atoms with E-state index in [1.165, 1.54) is 12.1 Å². The van der Waals surface area contributed by atoms with Crippen LogP contribution in [0.5, 0.6) is 5.75 Å². The van der Waals surface area contributed by atoms with Crippen molar-refractivity contribution in [1.82, 2.24) is 0 Å². The highest BCUT2D eigenvalue weighted by molar-refractivity contribution is 5.80. The summed E-state index contributed by atoms with van der Waals surface area (Å²) in [5.74, 6) is -2.27. The summed E-state index contributed by atoms with van der Waals surface area (Å²) >= 11 is 0. The second-order valence-corrected chi connectivity index (χ2v) is 4.94. The van der Waals surface area contributed by atoms with Gasteiger partial charge in [0.25, 0.3) is 0 Å². The van der Waals surface area contributed by atoms with Crippen molar-refractivity contribution in [3.63, 3.8) is 0 Å². The van der Waals surface area contributed by atoms with Crippen molar-refractivity contribution in [2.24, 2.45) is 0 Å². The lowest BCUT2D eigenvalue weighted by atomic mass is 9.92. The zero-order chi connectivity index (χ0) is 18.8. The number of ether oxygens (including phenoxy) is 1. The Kier molecular flexibility index (Phi) is 4.96. The SMILES string of the molecule is O=C(O)Cc1c(-c2ccccc2OC(F)(F)F)cccc1C(F)(F)F. The Balaban J connectivity index is 2.70. The van der Waals surface area contributed by atoms with E-state index in [4.69, 9.17) is 5.11 Å². The number of para-hydroxylation sites is 1. The van der Waals surface area contributed by atoms with E-state index in [1.807, 2.05) is 0 Å². The molecule has 1 N–H and O–H groups in total. The van der Waals surface area contributed by atoms with E-state index < -0.39 is 41.8 Å². The zero-order valence-electron chi connectivity index (χ0n) is 12.3. The van der Waals surface area contributed by atoms with Gasteiger partial charge in [-0.05, 0) is 23.3 Å². The first-order valence-electron chi connectivity index (χ1n) is 6.75. The maximum Gasteiger partial charge on any atom is 0.573 e. The van der Waals surface area contributed by atoms with Gasteiger partial charge in [0.15, 0.2) is 0 Å². The van der Waals surface area contributed by atoms with Crippen LogP contribution in [0.4, 0.5) is 26.3 Å². The first kappa shape index (κ1) is 18.6. The van der Waals surface area contributed by atoms with Gasteiger partial charge in [0.1, 0.15) is 5.75 Å². The van der Waals surface area contributed by atoms with Gasteiger partial charge in [-0.25, -0.2) is 0 Å². The van der Waals surface area contributed by atoms with Gasteiger partial charge in [0, 0.05) is 5.56 Å². The van der Waals surface area contributed by atoms with Crippen LogP contribution in [0, 0.1) is 0 Å². The molecule has 3 nitrogen and oxygen atoms in total. The quantitative estimate of drug-likeness (QED) is 0.785. The Morgan fingerprint density at radius 1 is 0.920 bits per heavy atom. The van der Waals surface area contributed by atoms with Gasteiger partial charge >= 0.3 is 18.5 Å². The minimum absolute atomic E-state index is 0.290. The molecule has 0 aliphatic carbocycles. The number of rotatable bonds is 4. The maximum atomic E-state index is 13.2. The molecule has 2 aromatic carbocycles. The van der Waals surface area contributed by atoms with Gasteiger partial charge < -0.3 is 9.84 Å². The molecule has 0 spiro atoms. The highest BCUT2D eigenvalue weighted by atomic mass is 19.4. The third-order valence-corrected chi connectivity index (χ3v) is 3.21. The Labute approximate surface area is 137 Å². The molecule has 0 aromatic heterocycles. The minimum Gasteiger partial charge on any atom is -0.481 e. The fourth-order valence-corrected chi connectivity index (χ4v) is 2.35. The molecule has 25 heavy (non-hydrogen) atoms. The molecule has 0 fully saturated rings. The Morgan fingerprint density at radius 2 is 1.52 bits per heavy atom. The van der Waals surface area contributed by atoms with E-state index in [0.717, 1.165) is 24.3 Å². The summed E-state index contributed by atoms with van der Waals surface area (Å²) in [6.45, 7) is 0. The topological polar surface area (TPSA) is 46.5 Å². The predicted molar refractivity (Wildman–Crippen MR) is 74.9 cm³/mol.